The van der Waals surface area contributed by atoms with Crippen LogP contribution in [0.5, 0.6) is 0 Å². The predicted octanol–water partition coefficient (Wildman–Crippen LogP) is 3.40. The maximum Gasteiger partial charge on any atom is 0.210 e. The van der Waals surface area contributed by atoms with Crippen molar-refractivity contribution in [2.75, 3.05) is 6.54 Å². The largest absolute Gasteiger partial charge is 0.329 e. The number of tetrazole rings is 1. The van der Waals surface area contributed by atoms with Crippen LogP contribution in [0.15, 0.2) is 21.1 Å². The SMILES string of the molecule is NCC(Sc1nnnn1C1CCCC1)c1ccc(Br)s1. The minimum atomic E-state index is 0.206. The Morgan fingerprint density at radius 2 is 2.25 bits per heavy atom. The number of hydrogen-bond acceptors (Lipinski definition) is 6. The van der Waals surface area contributed by atoms with E-state index < -0.39 is 0 Å². The molecule has 0 radical (unpaired) electrons. The molecule has 1 aliphatic carbocycles. The molecule has 1 unspecified atom stereocenters. The molecule has 0 aliphatic heterocycles. The molecule has 8 heteroatoms. The molecule has 0 spiro atoms. The fourth-order valence-corrected chi connectivity index (χ4v) is 5.12. The Bertz CT molecular complexity index is 564. The summed E-state index contributed by atoms with van der Waals surface area (Å²) in [5.41, 5.74) is 5.93. The molecule has 1 saturated carbocycles. The number of thioether (sulfide) groups is 1. The van der Waals surface area contributed by atoms with Crippen LogP contribution in [0.1, 0.15) is 41.9 Å². The maximum atomic E-state index is 5.93. The zero-order chi connectivity index (χ0) is 13.9. The van der Waals surface area contributed by atoms with Crippen LogP contribution in [-0.4, -0.2) is 26.8 Å². The first kappa shape index (κ1) is 14.5. The number of thiophene rings is 1. The summed E-state index contributed by atoms with van der Waals surface area (Å²) in [5.74, 6) is 0. The van der Waals surface area contributed by atoms with Crippen LogP contribution in [0.4, 0.5) is 0 Å². The Balaban J connectivity index is 1.77. The summed E-state index contributed by atoms with van der Waals surface area (Å²) >= 11 is 6.88. The van der Waals surface area contributed by atoms with E-state index in [0.29, 0.717) is 12.6 Å². The number of halogens is 1. The smallest absolute Gasteiger partial charge is 0.210 e. The Hall–Kier alpha value is -0.440. The van der Waals surface area contributed by atoms with Gasteiger partial charge in [0.25, 0.3) is 0 Å². The lowest BCUT2D eigenvalue weighted by Crippen LogP contribution is -2.12. The average Bonchev–Trinajstić information content (AvgIpc) is 3.16. The van der Waals surface area contributed by atoms with E-state index in [9.17, 15) is 0 Å². The zero-order valence-electron chi connectivity index (χ0n) is 10.9. The van der Waals surface area contributed by atoms with Crippen molar-refractivity contribution in [3.05, 3.63) is 20.8 Å². The highest BCUT2D eigenvalue weighted by molar-refractivity contribution is 9.11. The summed E-state index contributed by atoms with van der Waals surface area (Å²) in [7, 11) is 0. The van der Waals surface area contributed by atoms with E-state index in [0.717, 1.165) is 8.94 Å². The molecule has 20 heavy (non-hydrogen) atoms. The second-order valence-electron chi connectivity index (χ2n) is 4.83. The summed E-state index contributed by atoms with van der Waals surface area (Å²) in [6, 6.07) is 4.63. The topological polar surface area (TPSA) is 69.6 Å². The molecule has 0 saturated heterocycles. The molecule has 2 aromatic heterocycles. The second-order valence-corrected chi connectivity index (χ2v) is 8.49. The summed E-state index contributed by atoms with van der Waals surface area (Å²) in [5, 5.41) is 13.3. The minimum Gasteiger partial charge on any atom is -0.329 e. The van der Waals surface area contributed by atoms with E-state index in [2.05, 4.69) is 43.6 Å². The fourth-order valence-electron chi connectivity index (χ4n) is 2.49. The van der Waals surface area contributed by atoms with Crippen molar-refractivity contribution < 1.29 is 0 Å². The molecular formula is C12H16BrN5S2. The first-order valence-corrected chi connectivity index (χ1v) is 9.16. The van der Waals surface area contributed by atoms with Crippen LogP contribution in [0.2, 0.25) is 0 Å². The van der Waals surface area contributed by atoms with Crippen LogP contribution in [0.3, 0.4) is 0 Å². The average molecular weight is 374 g/mol. The quantitative estimate of drug-likeness (QED) is 0.813. The number of aromatic nitrogens is 4. The van der Waals surface area contributed by atoms with Crippen molar-refractivity contribution in [2.24, 2.45) is 5.73 Å². The second kappa shape index (κ2) is 6.55. The van der Waals surface area contributed by atoms with Crippen LogP contribution in [0.25, 0.3) is 0 Å². The van der Waals surface area contributed by atoms with Crippen molar-refractivity contribution in [3.8, 4) is 0 Å². The van der Waals surface area contributed by atoms with E-state index in [1.807, 2.05) is 4.68 Å². The molecule has 1 atom stereocenters. The summed E-state index contributed by atoms with van der Waals surface area (Å²) in [6.07, 6.45) is 4.90. The predicted molar refractivity (Wildman–Crippen MR) is 85.0 cm³/mol. The van der Waals surface area contributed by atoms with Crippen LogP contribution >= 0.6 is 39.0 Å². The third-order valence-corrected chi connectivity index (χ3v) is 6.60. The monoisotopic (exact) mass is 373 g/mol. The highest BCUT2D eigenvalue weighted by atomic mass is 79.9. The van der Waals surface area contributed by atoms with Gasteiger partial charge in [-0.25, -0.2) is 4.68 Å². The van der Waals surface area contributed by atoms with Gasteiger partial charge in [-0.05, 0) is 51.3 Å². The number of rotatable bonds is 5. The van der Waals surface area contributed by atoms with Crippen LogP contribution in [-0.2, 0) is 0 Å². The maximum absolute atomic E-state index is 5.93. The van der Waals surface area contributed by atoms with Gasteiger partial charge < -0.3 is 5.73 Å². The molecule has 0 bridgehead atoms. The number of nitrogens with two attached hydrogens (primary N) is 1. The third kappa shape index (κ3) is 3.08. The summed E-state index contributed by atoms with van der Waals surface area (Å²) in [6.45, 7) is 0.579. The van der Waals surface area contributed by atoms with Gasteiger partial charge in [-0.2, -0.15) is 0 Å². The lowest BCUT2D eigenvalue weighted by Gasteiger charge is -2.14. The van der Waals surface area contributed by atoms with Crippen molar-refractivity contribution in [3.63, 3.8) is 0 Å². The Morgan fingerprint density at radius 1 is 1.45 bits per heavy atom. The van der Waals surface area contributed by atoms with Gasteiger partial charge in [-0.3, -0.25) is 0 Å². The van der Waals surface area contributed by atoms with E-state index >= 15 is 0 Å². The summed E-state index contributed by atoms with van der Waals surface area (Å²) in [4.78, 5) is 1.25. The van der Waals surface area contributed by atoms with Crippen LogP contribution < -0.4 is 5.73 Å². The van der Waals surface area contributed by atoms with E-state index in [4.69, 9.17) is 5.73 Å². The van der Waals surface area contributed by atoms with Gasteiger partial charge in [0.15, 0.2) is 0 Å². The lowest BCUT2D eigenvalue weighted by molar-refractivity contribution is 0.422. The van der Waals surface area contributed by atoms with Gasteiger partial charge >= 0.3 is 0 Å². The number of nitrogens with zero attached hydrogens (tertiary/aromatic N) is 4. The molecule has 2 N–H and O–H groups in total. The Kier molecular flexibility index (Phi) is 4.75. The third-order valence-electron chi connectivity index (χ3n) is 3.51. The summed E-state index contributed by atoms with van der Waals surface area (Å²) < 4.78 is 3.12. The van der Waals surface area contributed by atoms with Crippen molar-refractivity contribution in [2.45, 2.75) is 42.1 Å². The molecule has 1 fully saturated rings. The number of hydrogen-bond donors (Lipinski definition) is 1. The van der Waals surface area contributed by atoms with Gasteiger partial charge in [0.2, 0.25) is 5.16 Å². The van der Waals surface area contributed by atoms with E-state index in [1.54, 1.807) is 23.1 Å². The van der Waals surface area contributed by atoms with Crippen LogP contribution in [0, 0.1) is 0 Å². The van der Waals surface area contributed by atoms with E-state index in [-0.39, 0.29) is 5.25 Å². The molecule has 1 aliphatic rings. The molecule has 108 valence electrons. The van der Waals surface area contributed by atoms with Gasteiger partial charge in [0.05, 0.1) is 15.1 Å². The lowest BCUT2D eigenvalue weighted by atomic mass is 10.3. The first-order chi connectivity index (χ1) is 9.78. The Labute approximate surface area is 134 Å². The normalized spacial score (nSPS) is 17.7. The molecule has 2 heterocycles. The standard InChI is InChI=1S/C12H16BrN5S2/c13-11-6-5-9(19-11)10(7-14)20-12-15-16-17-18(12)8-3-1-2-4-8/h5-6,8,10H,1-4,7,14H2. The zero-order valence-corrected chi connectivity index (χ0v) is 14.1. The molecule has 0 aromatic carbocycles. The Morgan fingerprint density at radius 3 is 2.90 bits per heavy atom. The van der Waals surface area contributed by atoms with Gasteiger partial charge in [-0.1, -0.05) is 24.6 Å². The first-order valence-electron chi connectivity index (χ1n) is 6.67. The van der Waals surface area contributed by atoms with Gasteiger partial charge in [0.1, 0.15) is 0 Å². The molecule has 5 nitrogen and oxygen atoms in total. The van der Waals surface area contributed by atoms with Gasteiger partial charge in [0, 0.05) is 11.4 Å². The molecular weight excluding hydrogens is 358 g/mol. The minimum absolute atomic E-state index is 0.206. The fraction of sp³-hybridized carbons (Fsp3) is 0.583. The highest BCUT2D eigenvalue weighted by Crippen LogP contribution is 2.40. The molecule has 3 rings (SSSR count). The van der Waals surface area contributed by atoms with Crippen molar-refractivity contribution >= 4 is 39.0 Å². The van der Waals surface area contributed by atoms with E-state index in [1.165, 1.54) is 30.6 Å². The van der Waals surface area contributed by atoms with Crippen molar-refractivity contribution in [1.29, 1.82) is 0 Å². The molecule has 2 aromatic rings. The van der Waals surface area contributed by atoms with Gasteiger partial charge in [-0.15, -0.1) is 16.4 Å². The highest BCUT2D eigenvalue weighted by Gasteiger charge is 2.24. The molecule has 0 amide bonds. The van der Waals surface area contributed by atoms with Crippen molar-refractivity contribution in [1.82, 2.24) is 20.2 Å².